The second-order valence-electron chi connectivity index (χ2n) is 6.99. The molecule has 1 aromatic heterocycles. The van der Waals surface area contributed by atoms with Crippen molar-refractivity contribution in [3.05, 3.63) is 53.2 Å². The van der Waals surface area contributed by atoms with E-state index in [1.807, 2.05) is 0 Å². The Hall–Kier alpha value is -3.56. The predicted molar refractivity (Wildman–Crippen MR) is 115 cm³/mol. The van der Waals surface area contributed by atoms with Crippen molar-refractivity contribution in [1.29, 1.82) is 0 Å². The number of fused-ring (bicyclic) bond motifs is 1. The smallest absolute Gasteiger partial charge is 0.319 e. The molecule has 5 N–H and O–H groups in total. The first-order chi connectivity index (χ1) is 14.9. The normalized spacial score (nSPS) is 17.1. The number of benzene rings is 2. The number of anilines is 1. The van der Waals surface area contributed by atoms with E-state index in [1.165, 1.54) is 7.11 Å². The number of methoxy groups -OCH3 is 1. The molecule has 4 rings (SSSR count). The first kappa shape index (κ1) is 20.7. The van der Waals surface area contributed by atoms with Crippen molar-refractivity contribution >= 4 is 40.1 Å². The van der Waals surface area contributed by atoms with Gasteiger partial charge in [-0.2, -0.15) is 0 Å². The van der Waals surface area contributed by atoms with Gasteiger partial charge in [0.15, 0.2) is 0 Å². The minimum atomic E-state index is -0.635. The Balaban J connectivity index is 1.57. The van der Waals surface area contributed by atoms with Crippen LogP contribution in [0.4, 0.5) is 10.5 Å². The van der Waals surface area contributed by atoms with E-state index in [1.54, 1.807) is 42.6 Å². The molecule has 0 spiro atoms. The van der Waals surface area contributed by atoms with Gasteiger partial charge in [0.25, 0.3) is 5.91 Å². The molecule has 3 aromatic rings. The van der Waals surface area contributed by atoms with E-state index in [0.29, 0.717) is 40.3 Å². The Labute approximate surface area is 182 Å². The highest BCUT2D eigenvalue weighted by atomic mass is 35.5. The molecule has 0 radical (unpaired) electrons. The monoisotopic (exact) mass is 442 g/mol. The number of amides is 3. The van der Waals surface area contributed by atoms with Crippen LogP contribution in [-0.2, 0) is 0 Å². The van der Waals surface area contributed by atoms with Crippen molar-refractivity contribution < 1.29 is 24.2 Å². The zero-order valence-corrected chi connectivity index (χ0v) is 17.1. The minimum Gasteiger partial charge on any atom is -0.496 e. The van der Waals surface area contributed by atoms with Crippen LogP contribution in [0.3, 0.4) is 0 Å². The van der Waals surface area contributed by atoms with Gasteiger partial charge < -0.3 is 30.9 Å². The number of halogens is 1. The number of carbonyl (C=O) groups excluding carboxylic acids is 2. The number of ether oxygens (including phenoxy) is 2. The predicted octanol–water partition coefficient (Wildman–Crippen LogP) is 3.04. The number of hydrogen-bond donors (Lipinski definition) is 4. The van der Waals surface area contributed by atoms with Gasteiger partial charge in [-0.25, -0.2) is 4.79 Å². The number of nitrogens with one attached hydrogen (secondary N) is 2. The molecule has 3 amide bonds. The van der Waals surface area contributed by atoms with E-state index in [9.17, 15) is 14.7 Å². The van der Waals surface area contributed by atoms with Gasteiger partial charge in [0.05, 0.1) is 41.0 Å². The largest absolute Gasteiger partial charge is 0.496 e. The molecular weight excluding hydrogens is 424 g/mol. The van der Waals surface area contributed by atoms with Crippen LogP contribution >= 0.6 is 11.6 Å². The molecule has 0 aliphatic heterocycles. The number of nitrogens with zero attached hydrogens (tertiary/aromatic N) is 1. The third-order valence-electron chi connectivity index (χ3n) is 4.78. The number of urea groups is 1. The van der Waals surface area contributed by atoms with Crippen LogP contribution in [0.2, 0.25) is 5.02 Å². The summed E-state index contributed by atoms with van der Waals surface area (Å²) in [4.78, 5) is 28.0. The fourth-order valence-electron chi connectivity index (χ4n) is 3.05. The summed E-state index contributed by atoms with van der Waals surface area (Å²) in [5, 5.41) is 15.4. The maximum absolute atomic E-state index is 11.9. The Morgan fingerprint density at radius 2 is 2.00 bits per heavy atom. The lowest BCUT2D eigenvalue weighted by molar-refractivity contribution is 0.0997. The van der Waals surface area contributed by atoms with Gasteiger partial charge in [-0.3, -0.25) is 9.78 Å². The third-order valence-corrected chi connectivity index (χ3v) is 5.09. The van der Waals surface area contributed by atoms with Crippen LogP contribution in [0.5, 0.6) is 17.2 Å². The van der Waals surface area contributed by atoms with Crippen LogP contribution in [0, 0.1) is 0 Å². The third kappa shape index (κ3) is 4.47. The Kier molecular flexibility index (Phi) is 5.53. The highest BCUT2D eigenvalue weighted by Gasteiger charge is 2.36. The van der Waals surface area contributed by atoms with Gasteiger partial charge in [0, 0.05) is 23.7 Å². The topological polar surface area (TPSA) is 136 Å². The molecule has 31 heavy (non-hydrogen) atoms. The molecule has 0 saturated heterocycles. The number of aliphatic hydroxyl groups is 1. The van der Waals surface area contributed by atoms with Gasteiger partial charge in [0.2, 0.25) is 0 Å². The molecule has 1 aliphatic carbocycles. The number of aliphatic hydroxyl groups excluding tert-OH is 1. The molecule has 2 atom stereocenters. The zero-order chi connectivity index (χ0) is 22.1. The number of aromatic nitrogens is 1. The second kappa shape index (κ2) is 8.29. The van der Waals surface area contributed by atoms with Gasteiger partial charge in [-0.1, -0.05) is 11.6 Å². The molecule has 2 unspecified atom stereocenters. The fourth-order valence-corrected chi connectivity index (χ4v) is 3.27. The molecule has 1 fully saturated rings. The van der Waals surface area contributed by atoms with E-state index >= 15 is 0 Å². The summed E-state index contributed by atoms with van der Waals surface area (Å²) < 4.78 is 11.2. The van der Waals surface area contributed by atoms with Crippen molar-refractivity contribution in [3.8, 4) is 17.2 Å². The lowest BCUT2D eigenvalue weighted by Crippen LogP contribution is -2.32. The Morgan fingerprint density at radius 1 is 1.23 bits per heavy atom. The van der Waals surface area contributed by atoms with Crippen LogP contribution in [0.1, 0.15) is 16.8 Å². The highest BCUT2D eigenvalue weighted by Crippen LogP contribution is 2.35. The van der Waals surface area contributed by atoms with Crippen molar-refractivity contribution in [2.45, 2.75) is 18.6 Å². The standard InChI is InChI=1S/C21H19ClN4O5/c1-30-19-9-15-11(7-12(19)20(23)28)18(4-5-24-15)31-10-2-3-14(13(22)6-10)25-21(29)26-16-8-17(16)27/h2-7,9,16-17,27H,8H2,1H3,(H2,23,28)(H2,25,26,29). The first-order valence-electron chi connectivity index (χ1n) is 9.35. The molecule has 0 bridgehead atoms. The van der Waals surface area contributed by atoms with Crippen LogP contribution in [-0.4, -0.2) is 41.3 Å². The number of primary amides is 1. The molecule has 2 aromatic carbocycles. The number of rotatable bonds is 6. The lowest BCUT2D eigenvalue weighted by Gasteiger charge is -2.13. The summed E-state index contributed by atoms with van der Waals surface area (Å²) in [6.45, 7) is 0. The van der Waals surface area contributed by atoms with Crippen LogP contribution in [0.15, 0.2) is 42.6 Å². The zero-order valence-electron chi connectivity index (χ0n) is 16.4. The number of carbonyl (C=O) groups is 2. The van der Waals surface area contributed by atoms with Crippen molar-refractivity contribution in [1.82, 2.24) is 10.3 Å². The Morgan fingerprint density at radius 3 is 2.65 bits per heavy atom. The average molecular weight is 443 g/mol. The second-order valence-corrected chi connectivity index (χ2v) is 7.40. The molecular formula is C21H19ClN4O5. The van der Waals surface area contributed by atoms with E-state index in [-0.39, 0.29) is 16.6 Å². The maximum atomic E-state index is 11.9. The van der Waals surface area contributed by atoms with Crippen LogP contribution in [0.25, 0.3) is 10.9 Å². The highest BCUT2D eigenvalue weighted by molar-refractivity contribution is 6.33. The van der Waals surface area contributed by atoms with Crippen LogP contribution < -0.4 is 25.8 Å². The van der Waals surface area contributed by atoms with E-state index in [0.717, 1.165) is 0 Å². The molecule has 160 valence electrons. The van der Waals surface area contributed by atoms with Gasteiger partial charge in [-0.05, 0) is 30.7 Å². The van der Waals surface area contributed by atoms with Gasteiger partial charge in [-0.15, -0.1) is 0 Å². The minimum absolute atomic E-state index is 0.206. The molecule has 1 heterocycles. The van der Waals surface area contributed by atoms with Gasteiger partial charge >= 0.3 is 6.03 Å². The van der Waals surface area contributed by atoms with E-state index < -0.39 is 18.0 Å². The lowest BCUT2D eigenvalue weighted by atomic mass is 10.1. The molecule has 1 saturated carbocycles. The molecule has 1 aliphatic rings. The first-order valence-corrected chi connectivity index (χ1v) is 9.73. The number of pyridine rings is 1. The summed E-state index contributed by atoms with van der Waals surface area (Å²) in [5.41, 5.74) is 6.61. The summed E-state index contributed by atoms with van der Waals surface area (Å²) in [6.07, 6.45) is 1.61. The number of nitrogens with two attached hydrogens (primary N) is 1. The Bertz CT molecular complexity index is 1190. The quantitative estimate of drug-likeness (QED) is 0.463. The van der Waals surface area contributed by atoms with E-state index in [4.69, 9.17) is 26.8 Å². The van der Waals surface area contributed by atoms with Crippen molar-refractivity contribution in [2.24, 2.45) is 5.73 Å². The van der Waals surface area contributed by atoms with E-state index in [2.05, 4.69) is 15.6 Å². The fraction of sp³-hybridized carbons (Fsp3) is 0.190. The summed E-state index contributed by atoms with van der Waals surface area (Å²) in [7, 11) is 1.44. The van der Waals surface area contributed by atoms with Gasteiger partial charge in [0.1, 0.15) is 17.2 Å². The summed E-state index contributed by atoms with van der Waals surface area (Å²) in [5.74, 6) is 0.536. The summed E-state index contributed by atoms with van der Waals surface area (Å²) in [6, 6.07) is 8.92. The molecule has 9 nitrogen and oxygen atoms in total. The average Bonchev–Trinajstić information content (AvgIpc) is 3.43. The van der Waals surface area contributed by atoms with Crippen molar-refractivity contribution in [2.75, 3.05) is 12.4 Å². The summed E-state index contributed by atoms with van der Waals surface area (Å²) >= 11 is 6.28. The SMILES string of the molecule is COc1cc2nccc(Oc3ccc(NC(=O)NC4CC4O)c(Cl)c3)c2cc1C(N)=O. The maximum Gasteiger partial charge on any atom is 0.319 e. The molecule has 10 heteroatoms. The van der Waals surface area contributed by atoms with Crippen molar-refractivity contribution in [3.63, 3.8) is 0 Å². The number of hydrogen-bond acceptors (Lipinski definition) is 6.